The van der Waals surface area contributed by atoms with Crippen molar-refractivity contribution in [2.75, 3.05) is 13.7 Å². The van der Waals surface area contributed by atoms with Crippen molar-refractivity contribution in [3.05, 3.63) is 29.3 Å². The SMILES string of the molecule is CCOC(=O)CC1CCCc2cc(OC)ccc2C1=O. The summed E-state index contributed by atoms with van der Waals surface area (Å²) >= 11 is 0. The van der Waals surface area contributed by atoms with Crippen LogP contribution < -0.4 is 4.74 Å². The molecule has 1 unspecified atom stereocenters. The van der Waals surface area contributed by atoms with E-state index in [0.717, 1.165) is 36.1 Å². The quantitative estimate of drug-likeness (QED) is 0.627. The lowest BCUT2D eigenvalue weighted by molar-refractivity contribution is -0.143. The summed E-state index contributed by atoms with van der Waals surface area (Å²) in [6.45, 7) is 2.13. The Labute approximate surface area is 119 Å². The number of carbonyl (C=O) groups excluding carboxylic acids is 2. The first-order chi connectivity index (χ1) is 9.65. The Bertz CT molecular complexity index is 507. The van der Waals surface area contributed by atoms with Crippen LogP contribution >= 0.6 is 0 Å². The molecule has 2 rings (SSSR count). The molecule has 1 aromatic rings. The number of hydrogen-bond donors (Lipinski definition) is 0. The van der Waals surface area contributed by atoms with Crippen LogP contribution in [0.15, 0.2) is 18.2 Å². The van der Waals surface area contributed by atoms with Gasteiger partial charge in [-0.3, -0.25) is 9.59 Å². The van der Waals surface area contributed by atoms with Gasteiger partial charge >= 0.3 is 5.97 Å². The Balaban J connectivity index is 2.19. The van der Waals surface area contributed by atoms with Crippen molar-refractivity contribution in [1.29, 1.82) is 0 Å². The highest BCUT2D eigenvalue weighted by Crippen LogP contribution is 2.29. The summed E-state index contributed by atoms with van der Waals surface area (Å²) in [5.41, 5.74) is 1.73. The molecule has 0 heterocycles. The molecule has 0 saturated carbocycles. The van der Waals surface area contributed by atoms with Gasteiger partial charge in [0.25, 0.3) is 0 Å². The molecule has 0 bridgehead atoms. The van der Waals surface area contributed by atoms with Crippen LogP contribution in [0.4, 0.5) is 0 Å². The van der Waals surface area contributed by atoms with E-state index in [4.69, 9.17) is 9.47 Å². The number of carbonyl (C=O) groups is 2. The van der Waals surface area contributed by atoms with Gasteiger partial charge < -0.3 is 9.47 Å². The Morgan fingerprint density at radius 2 is 2.20 bits per heavy atom. The Morgan fingerprint density at radius 3 is 2.90 bits per heavy atom. The third kappa shape index (κ3) is 3.18. The first kappa shape index (κ1) is 14.6. The standard InChI is InChI=1S/C16H20O4/c1-3-20-15(17)10-12-6-4-5-11-9-13(19-2)7-8-14(11)16(12)18/h7-9,12H,3-6,10H2,1-2H3. The second-order valence-electron chi connectivity index (χ2n) is 4.99. The first-order valence-electron chi connectivity index (χ1n) is 7.02. The third-order valence-corrected chi connectivity index (χ3v) is 3.67. The van der Waals surface area contributed by atoms with Crippen LogP contribution in [0.3, 0.4) is 0 Å². The Kier molecular flexibility index (Phi) is 4.77. The van der Waals surface area contributed by atoms with Crippen molar-refractivity contribution in [2.24, 2.45) is 5.92 Å². The number of rotatable bonds is 4. The van der Waals surface area contributed by atoms with Gasteiger partial charge in [0.05, 0.1) is 20.1 Å². The molecule has 1 atom stereocenters. The molecule has 1 aromatic carbocycles. The Morgan fingerprint density at radius 1 is 1.40 bits per heavy atom. The minimum Gasteiger partial charge on any atom is -0.497 e. The fourth-order valence-electron chi connectivity index (χ4n) is 2.65. The molecular weight excluding hydrogens is 256 g/mol. The topological polar surface area (TPSA) is 52.6 Å². The van der Waals surface area contributed by atoms with E-state index in [1.807, 2.05) is 6.07 Å². The smallest absolute Gasteiger partial charge is 0.306 e. The van der Waals surface area contributed by atoms with Gasteiger partial charge in [0.15, 0.2) is 5.78 Å². The number of benzene rings is 1. The lowest BCUT2D eigenvalue weighted by Crippen LogP contribution is -2.19. The molecular formula is C16H20O4. The van der Waals surface area contributed by atoms with Gasteiger partial charge in [-0.05, 0) is 49.9 Å². The lowest BCUT2D eigenvalue weighted by atomic mass is 9.92. The first-order valence-corrected chi connectivity index (χ1v) is 7.02. The third-order valence-electron chi connectivity index (χ3n) is 3.67. The van der Waals surface area contributed by atoms with E-state index >= 15 is 0 Å². The zero-order valence-electron chi connectivity index (χ0n) is 12.0. The zero-order chi connectivity index (χ0) is 14.5. The summed E-state index contributed by atoms with van der Waals surface area (Å²) in [6, 6.07) is 5.52. The molecule has 0 N–H and O–H groups in total. The van der Waals surface area contributed by atoms with Gasteiger partial charge in [-0.15, -0.1) is 0 Å². The van der Waals surface area contributed by atoms with Crippen molar-refractivity contribution in [3.63, 3.8) is 0 Å². The number of ether oxygens (including phenoxy) is 2. The van der Waals surface area contributed by atoms with Crippen molar-refractivity contribution in [1.82, 2.24) is 0 Å². The molecule has 20 heavy (non-hydrogen) atoms. The predicted molar refractivity (Wildman–Crippen MR) is 75.0 cm³/mol. The molecule has 0 amide bonds. The van der Waals surface area contributed by atoms with Crippen LogP contribution in [0.2, 0.25) is 0 Å². The van der Waals surface area contributed by atoms with E-state index < -0.39 is 0 Å². The number of aryl methyl sites for hydroxylation is 1. The highest BCUT2D eigenvalue weighted by Gasteiger charge is 2.28. The van der Waals surface area contributed by atoms with Gasteiger partial charge in [-0.25, -0.2) is 0 Å². The zero-order valence-corrected chi connectivity index (χ0v) is 12.0. The van der Waals surface area contributed by atoms with Crippen LogP contribution in [0.25, 0.3) is 0 Å². The van der Waals surface area contributed by atoms with Gasteiger partial charge in [0.1, 0.15) is 5.75 Å². The average molecular weight is 276 g/mol. The number of fused-ring (bicyclic) bond motifs is 1. The maximum Gasteiger partial charge on any atom is 0.306 e. The van der Waals surface area contributed by atoms with E-state index in [1.165, 1.54) is 0 Å². The molecule has 1 aliphatic carbocycles. The van der Waals surface area contributed by atoms with Crippen LogP contribution in [0.1, 0.15) is 42.1 Å². The number of esters is 1. The Hall–Kier alpha value is -1.84. The molecule has 4 heteroatoms. The maximum absolute atomic E-state index is 12.5. The van der Waals surface area contributed by atoms with Crippen molar-refractivity contribution >= 4 is 11.8 Å². The average Bonchev–Trinajstić information content (AvgIpc) is 2.59. The normalized spacial score (nSPS) is 18.1. The highest BCUT2D eigenvalue weighted by atomic mass is 16.5. The van der Waals surface area contributed by atoms with E-state index in [-0.39, 0.29) is 24.1 Å². The molecule has 0 fully saturated rings. The van der Waals surface area contributed by atoms with Gasteiger partial charge in [0, 0.05) is 11.5 Å². The minimum absolute atomic E-state index is 0.0493. The summed E-state index contributed by atoms with van der Waals surface area (Å²) in [6.07, 6.45) is 2.65. The summed E-state index contributed by atoms with van der Waals surface area (Å²) in [5.74, 6) is 0.264. The van der Waals surface area contributed by atoms with E-state index in [9.17, 15) is 9.59 Å². The summed E-state index contributed by atoms with van der Waals surface area (Å²) in [5, 5.41) is 0. The van der Waals surface area contributed by atoms with E-state index in [0.29, 0.717) is 6.61 Å². The second kappa shape index (κ2) is 6.55. The molecule has 108 valence electrons. The molecule has 0 radical (unpaired) electrons. The molecule has 0 spiro atoms. The number of hydrogen-bond acceptors (Lipinski definition) is 4. The minimum atomic E-state index is -0.289. The van der Waals surface area contributed by atoms with Crippen LogP contribution in [0.5, 0.6) is 5.75 Å². The molecule has 1 aliphatic rings. The largest absolute Gasteiger partial charge is 0.497 e. The maximum atomic E-state index is 12.5. The molecule has 0 aliphatic heterocycles. The van der Waals surface area contributed by atoms with Crippen molar-refractivity contribution in [2.45, 2.75) is 32.6 Å². The number of Topliss-reactive ketones (excluding diaryl/α,β-unsaturated/α-hetero) is 1. The highest BCUT2D eigenvalue weighted by molar-refractivity contribution is 6.01. The fourth-order valence-corrected chi connectivity index (χ4v) is 2.65. The summed E-state index contributed by atoms with van der Waals surface area (Å²) in [7, 11) is 1.61. The fraction of sp³-hybridized carbons (Fsp3) is 0.500. The summed E-state index contributed by atoms with van der Waals surface area (Å²) < 4.78 is 10.1. The lowest BCUT2D eigenvalue weighted by Gasteiger charge is -2.13. The second-order valence-corrected chi connectivity index (χ2v) is 4.99. The van der Waals surface area contributed by atoms with E-state index in [1.54, 1.807) is 26.2 Å². The van der Waals surface area contributed by atoms with Crippen molar-refractivity contribution in [3.8, 4) is 5.75 Å². The van der Waals surface area contributed by atoms with Crippen LogP contribution in [-0.2, 0) is 16.0 Å². The monoisotopic (exact) mass is 276 g/mol. The number of methoxy groups -OCH3 is 1. The molecule has 4 nitrogen and oxygen atoms in total. The van der Waals surface area contributed by atoms with Gasteiger partial charge in [0.2, 0.25) is 0 Å². The molecule has 0 aromatic heterocycles. The van der Waals surface area contributed by atoms with Crippen molar-refractivity contribution < 1.29 is 19.1 Å². The molecule has 0 saturated heterocycles. The van der Waals surface area contributed by atoms with Crippen LogP contribution in [0, 0.1) is 5.92 Å². The van der Waals surface area contributed by atoms with Gasteiger partial charge in [-0.2, -0.15) is 0 Å². The predicted octanol–water partition coefficient (Wildman–Crippen LogP) is 2.78. The van der Waals surface area contributed by atoms with Gasteiger partial charge in [-0.1, -0.05) is 0 Å². The van der Waals surface area contributed by atoms with E-state index in [2.05, 4.69) is 0 Å². The number of ketones is 1. The summed E-state index contributed by atoms with van der Waals surface area (Å²) in [4.78, 5) is 24.1. The van der Waals surface area contributed by atoms with Crippen LogP contribution in [-0.4, -0.2) is 25.5 Å².